The smallest absolute Gasteiger partial charge is 0.417 e. The van der Waals surface area contributed by atoms with E-state index in [1.165, 1.54) is 19.2 Å². The lowest BCUT2D eigenvalue weighted by atomic mass is 10.2. The van der Waals surface area contributed by atoms with Crippen molar-refractivity contribution in [2.24, 2.45) is 0 Å². The summed E-state index contributed by atoms with van der Waals surface area (Å²) in [4.78, 5) is 23.2. The molecule has 6 nitrogen and oxygen atoms in total. The van der Waals surface area contributed by atoms with Crippen LogP contribution in [-0.2, 0) is 4.74 Å². The first-order chi connectivity index (χ1) is 11.4. The van der Waals surface area contributed by atoms with E-state index in [1.54, 1.807) is 31.2 Å². The number of carbonyl (C=O) groups is 2. The van der Waals surface area contributed by atoms with Gasteiger partial charge < -0.3 is 9.47 Å². The average molecular weight is 369 g/mol. The maximum Gasteiger partial charge on any atom is 0.417 e. The fraction of sp³-hybridized carbons (Fsp3) is 0.125. The Hall–Kier alpha value is -2.44. The molecule has 2 amide bonds. The molecule has 0 bridgehead atoms. The van der Waals surface area contributed by atoms with Crippen LogP contribution >= 0.6 is 23.2 Å². The van der Waals surface area contributed by atoms with E-state index in [2.05, 4.69) is 15.4 Å². The minimum absolute atomic E-state index is 0.293. The van der Waals surface area contributed by atoms with Crippen molar-refractivity contribution in [3.63, 3.8) is 0 Å². The van der Waals surface area contributed by atoms with Gasteiger partial charge >= 0.3 is 12.2 Å². The molecule has 0 aliphatic rings. The minimum atomic E-state index is -0.702. The third-order valence-corrected chi connectivity index (χ3v) is 3.73. The van der Waals surface area contributed by atoms with Crippen molar-refractivity contribution in [1.82, 2.24) is 0 Å². The van der Waals surface area contributed by atoms with Crippen LogP contribution in [0.2, 0.25) is 10.0 Å². The second kappa shape index (κ2) is 7.90. The number of benzene rings is 2. The number of anilines is 2. The Bertz CT molecular complexity index is 781. The van der Waals surface area contributed by atoms with E-state index in [1.807, 2.05) is 0 Å². The van der Waals surface area contributed by atoms with Crippen molar-refractivity contribution >= 4 is 46.8 Å². The third-order valence-electron chi connectivity index (χ3n) is 2.99. The number of ether oxygens (including phenoxy) is 2. The number of amides is 2. The fourth-order valence-corrected chi connectivity index (χ4v) is 2.07. The Balaban J connectivity index is 2.08. The summed E-state index contributed by atoms with van der Waals surface area (Å²) in [5.41, 5.74) is 1.59. The first-order valence-electron chi connectivity index (χ1n) is 6.78. The Labute approximate surface area is 148 Å². The van der Waals surface area contributed by atoms with Gasteiger partial charge in [-0.15, -0.1) is 0 Å². The van der Waals surface area contributed by atoms with Gasteiger partial charge in [0.15, 0.2) is 0 Å². The molecule has 0 unspecified atom stereocenters. The summed E-state index contributed by atoms with van der Waals surface area (Å²) in [6.07, 6.45) is -1.32. The molecule has 0 aromatic heterocycles. The molecule has 0 aliphatic carbocycles. The number of methoxy groups -OCH3 is 1. The quantitative estimate of drug-likeness (QED) is 0.790. The highest BCUT2D eigenvalue weighted by Gasteiger charge is 2.11. The van der Waals surface area contributed by atoms with Crippen LogP contribution in [0.25, 0.3) is 0 Å². The number of hydrogen-bond acceptors (Lipinski definition) is 4. The summed E-state index contributed by atoms with van der Waals surface area (Å²) >= 11 is 11.7. The maximum absolute atomic E-state index is 12.0. The first kappa shape index (κ1) is 17.9. The minimum Gasteiger partial charge on any atom is -0.453 e. The van der Waals surface area contributed by atoms with Crippen molar-refractivity contribution in [1.29, 1.82) is 0 Å². The number of carbonyl (C=O) groups excluding carboxylic acids is 2. The first-order valence-corrected chi connectivity index (χ1v) is 7.54. The summed E-state index contributed by atoms with van der Waals surface area (Å²) < 4.78 is 9.77. The highest BCUT2D eigenvalue weighted by atomic mass is 35.5. The van der Waals surface area contributed by atoms with Gasteiger partial charge in [-0.1, -0.05) is 29.3 Å². The zero-order chi connectivity index (χ0) is 17.7. The predicted octanol–water partition coefficient (Wildman–Crippen LogP) is 5.09. The maximum atomic E-state index is 12.0. The van der Waals surface area contributed by atoms with Gasteiger partial charge in [-0.3, -0.25) is 10.6 Å². The molecule has 0 spiro atoms. The van der Waals surface area contributed by atoms with Crippen LogP contribution in [0.5, 0.6) is 5.75 Å². The van der Waals surface area contributed by atoms with Crippen molar-refractivity contribution < 1.29 is 19.1 Å². The summed E-state index contributed by atoms with van der Waals surface area (Å²) in [5, 5.41) is 5.73. The Morgan fingerprint density at radius 3 is 2.21 bits per heavy atom. The Kier molecular flexibility index (Phi) is 5.89. The van der Waals surface area contributed by atoms with Crippen LogP contribution in [0.3, 0.4) is 0 Å². The molecule has 8 heteroatoms. The zero-order valence-electron chi connectivity index (χ0n) is 12.9. The number of halogens is 2. The number of nitrogens with one attached hydrogen (secondary N) is 2. The third kappa shape index (κ3) is 4.78. The molecule has 0 heterocycles. The predicted molar refractivity (Wildman–Crippen MR) is 93.3 cm³/mol. The van der Waals surface area contributed by atoms with Crippen LogP contribution in [0, 0.1) is 6.92 Å². The highest BCUT2D eigenvalue weighted by molar-refractivity contribution is 6.42. The summed E-state index contributed by atoms with van der Waals surface area (Å²) in [7, 11) is 1.26. The van der Waals surface area contributed by atoms with Gasteiger partial charge in [0.25, 0.3) is 0 Å². The van der Waals surface area contributed by atoms with Gasteiger partial charge in [-0.05, 0) is 36.8 Å². The van der Waals surface area contributed by atoms with Crippen LogP contribution in [0.15, 0.2) is 36.4 Å². The van der Waals surface area contributed by atoms with Crippen molar-refractivity contribution in [2.45, 2.75) is 6.92 Å². The molecule has 2 rings (SSSR count). The molecule has 0 fully saturated rings. The van der Waals surface area contributed by atoms with E-state index >= 15 is 0 Å². The summed E-state index contributed by atoms with van der Waals surface area (Å²) in [6, 6.07) is 9.54. The lowest BCUT2D eigenvalue weighted by molar-refractivity contribution is 0.187. The molecule has 0 saturated heterocycles. The molecule has 126 valence electrons. The standard InChI is InChI=1S/C16H14Cl2N2O4/c1-9-3-4-11(19-15(21)23-2)8-14(9)24-16(22)20-10-5-6-12(17)13(18)7-10/h3-8H,1-2H3,(H,19,21)(H,20,22). The van der Waals surface area contributed by atoms with Crippen LogP contribution in [0.1, 0.15) is 5.56 Å². The molecule has 0 atom stereocenters. The van der Waals surface area contributed by atoms with Crippen LogP contribution in [-0.4, -0.2) is 19.3 Å². The van der Waals surface area contributed by atoms with E-state index < -0.39 is 12.2 Å². The number of rotatable bonds is 3. The van der Waals surface area contributed by atoms with Crippen molar-refractivity contribution in [2.75, 3.05) is 17.7 Å². The molecule has 2 aromatic carbocycles. The SMILES string of the molecule is COC(=O)Nc1ccc(C)c(OC(=O)Nc2ccc(Cl)c(Cl)c2)c1. The molecule has 0 saturated carbocycles. The number of hydrogen-bond donors (Lipinski definition) is 2. The van der Waals surface area contributed by atoms with Gasteiger partial charge in [0.2, 0.25) is 0 Å². The highest BCUT2D eigenvalue weighted by Crippen LogP contribution is 2.26. The van der Waals surface area contributed by atoms with Crippen molar-refractivity contribution in [3.8, 4) is 5.75 Å². The van der Waals surface area contributed by atoms with Crippen molar-refractivity contribution in [3.05, 3.63) is 52.0 Å². The van der Waals surface area contributed by atoms with Gasteiger partial charge in [0, 0.05) is 17.4 Å². The van der Waals surface area contributed by atoms with Crippen LogP contribution < -0.4 is 15.4 Å². The normalized spacial score (nSPS) is 10.0. The lowest BCUT2D eigenvalue weighted by Crippen LogP contribution is -2.17. The lowest BCUT2D eigenvalue weighted by Gasteiger charge is -2.11. The molecular weight excluding hydrogens is 355 g/mol. The average Bonchev–Trinajstić information content (AvgIpc) is 2.54. The summed E-state index contributed by atoms with van der Waals surface area (Å²) in [6.45, 7) is 1.77. The van der Waals surface area contributed by atoms with Gasteiger partial charge in [-0.2, -0.15) is 0 Å². The molecule has 24 heavy (non-hydrogen) atoms. The van der Waals surface area contributed by atoms with Gasteiger partial charge in [-0.25, -0.2) is 9.59 Å². The van der Waals surface area contributed by atoms with E-state index in [-0.39, 0.29) is 0 Å². The van der Waals surface area contributed by atoms with E-state index in [9.17, 15) is 9.59 Å². The molecule has 0 aliphatic heterocycles. The molecular formula is C16H14Cl2N2O4. The van der Waals surface area contributed by atoms with Gasteiger partial charge in [0.05, 0.1) is 17.2 Å². The monoisotopic (exact) mass is 368 g/mol. The zero-order valence-corrected chi connectivity index (χ0v) is 14.4. The second-order valence-corrected chi connectivity index (χ2v) is 5.55. The van der Waals surface area contributed by atoms with Gasteiger partial charge in [0.1, 0.15) is 5.75 Å². The largest absolute Gasteiger partial charge is 0.453 e. The molecule has 2 N–H and O–H groups in total. The topological polar surface area (TPSA) is 76.7 Å². The van der Waals surface area contributed by atoms with Crippen LogP contribution in [0.4, 0.5) is 21.0 Å². The van der Waals surface area contributed by atoms with E-state index in [0.717, 1.165) is 5.56 Å². The Morgan fingerprint density at radius 2 is 1.54 bits per heavy atom. The molecule has 0 radical (unpaired) electrons. The Morgan fingerprint density at radius 1 is 0.917 bits per heavy atom. The summed E-state index contributed by atoms with van der Waals surface area (Å²) in [5.74, 6) is 0.293. The second-order valence-electron chi connectivity index (χ2n) is 4.74. The van der Waals surface area contributed by atoms with E-state index in [4.69, 9.17) is 27.9 Å². The fourth-order valence-electron chi connectivity index (χ4n) is 1.77. The molecule has 2 aromatic rings. The number of aryl methyl sites for hydroxylation is 1. The van der Waals surface area contributed by atoms with E-state index in [0.29, 0.717) is 27.2 Å².